The van der Waals surface area contributed by atoms with Gasteiger partial charge in [-0.25, -0.2) is 0 Å². The number of amides is 1. The lowest BCUT2D eigenvalue weighted by Gasteiger charge is -2.16. The van der Waals surface area contributed by atoms with Crippen molar-refractivity contribution < 1.29 is 14.3 Å². The van der Waals surface area contributed by atoms with Gasteiger partial charge in [-0.3, -0.25) is 4.79 Å². The number of carbonyl (C=O) groups excluding carboxylic acids is 1. The molecule has 1 saturated heterocycles. The Hall–Kier alpha value is -1.59. The van der Waals surface area contributed by atoms with Crippen LogP contribution >= 0.6 is 0 Å². The van der Waals surface area contributed by atoms with E-state index in [-0.39, 0.29) is 12.0 Å². The zero-order chi connectivity index (χ0) is 15.2. The molecule has 1 unspecified atom stereocenters. The Balaban J connectivity index is 1.97. The van der Waals surface area contributed by atoms with E-state index >= 15 is 0 Å². The van der Waals surface area contributed by atoms with E-state index in [1.54, 1.807) is 6.92 Å². The second-order valence-corrected chi connectivity index (χ2v) is 5.56. The lowest BCUT2D eigenvalue weighted by Crippen LogP contribution is -2.37. The van der Waals surface area contributed by atoms with Crippen molar-refractivity contribution in [2.24, 2.45) is 5.73 Å². The first-order valence-corrected chi connectivity index (χ1v) is 7.43. The Bertz CT molecular complexity index is 482. The quantitative estimate of drug-likeness (QED) is 0.833. The molecule has 1 aliphatic heterocycles. The highest BCUT2D eigenvalue weighted by Crippen LogP contribution is 2.22. The molecule has 3 N–H and O–H groups in total. The van der Waals surface area contributed by atoms with Gasteiger partial charge in [0.15, 0.2) is 0 Å². The van der Waals surface area contributed by atoms with Crippen molar-refractivity contribution in [3.05, 3.63) is 29.3 Å². The fourth-order valence-electron chi connectivity index (χ4n) is 2.24. The number of rotatable bonds is 6. The average molecular weight is 292 g/mol. The summed E-state index contributed by atoms with van der Waals surface area (Å²) in [4.78, 5) is 11.6. The largest absolute Gasteiger partial charge is 0.491 e. The summed E-state index contributed by atoms with van der Waals surface area (Å²) in [5.41, 5.74) is 7.62. The number of benzene rings is 1. The zero-order valence-electron chi connectivity index (χ0n) is 12.7. The first-order valence-electron chi connectivity index (χ1n) is 7.43. The highest BCUT2D eigenvalue weighted by Gasteiger charge is 2.17. The number of hydrogen-bond acceptors (Lipinski definition) is 4. The van der Waals surface area contributed by atoms with Crippen LogP contribution in [-0.4, -0.2) is 31.3 Å². The zero-order valence-corrected chi connectivity index (χ0v) is 12.7. The van der Waals surface area contributed by atoms with Gasteiger partial charge in [0.1, 0.15) is 12.4 Å². The second-order valence-electron chi connectivity index (χ2n) is 5.56. The van der Waals surface area contributed by atoms with Crippen molar-refractivity contribution in [2.45, 2.75) is 45.4 Å². The minimum absolute atomic E-state index is 0.166. The molecular weight excluding hydrogens is 268 g/mol. The molecule has 0 bridgehead atoms. The highest BCUT2D eigenvalue weighted by molar-refractivity contribution is 5.80. The number of nitrogens with two attached hydrogens (primary N) is 1. The molecule has 1 amide bonds. The summed E-state index contributed by atoms with van der Waals surface area (Å²) in [6, 6.07) is 5.46. The van der Waals surface area contributed by atoms with E-state index in [0.29, 0.717) is 13.2 Å². The number of nitrogens with one attached hydrogen (secondary N) is 1. The van der Waals surface area contributed by atoms with Crippen LogP contribution in [0, 0.1) is 6.92 Å². The first kappa shape index (κ1) is 15.8. The van der Waals surface area contributed by atoms with E-state index in [1.807, 2.05) is 25.1 Å². The molecule has 21 heavy (non-hydrogen) atoms. The van der Waals surface area contributed by atoms with Crippen LogP contribution in [0.1, 0.15) is 30.9 Å². The summed E-state index contributed by atoms with van der Waals surface area (Å²) in [5, 5.41) is 2.81. The van der Waals surface area contributed by atoms with E-state index in [4.69, 9.17) is 15.2 Å². The van der Waals surface area contributed by atoms with Gasteiger partial charge < -0.3 is 20.5 Å². The third-order valence-electron chi connectivity index (χ3n) is 3.54. The van der Waals surface area contributed by atoms with Crippen LogP contribution in [0.25, 0.3) is 0 Å². The normalized spacial score (nSPS) is 19.3. The Morgan fingerprint density at radius 2 is 2.38 bits per heavy atom. The standard InChI is InChI=1S/C16H24N2O3/c1-11-5-6-13(9-18-16(19)12(2)17)15(8-11)21-10-14-4-3-7-20-14/h5-6,8,12,14H,3-4,7,9-10,17H2,1-2H3,(H,18,19)/t12-,14?/m0/s1. The number of aryl methyl sites for hydroxylation is 1. The maximum Gasteiger partial charge on any atom is 0.236 e. The SMILES string of the molecule is Cc1ccc(CNC(=O)[C@H](C)N)c(OCC2CCCO2)c1. The van der Waals surface area contributed by atoms with Gasteiger partial charge in [-0.05, 0) is 38.3 Å². The second kappa shape index (κ2) is 7.43. The maximum absolute atomic E-state index is 11.6. The maximum atomic E-state index is 11.6. The van der Waals surface area contributed by atoms with Crippen molar-refractivity contribution in [3.8, 4) is 5.75 Å². The molecule has 1 heterocycles. The van der Waals surface area contributed by atoms with Gasteiger partial charge in [0.05, 0.1) is 12.1 Å². The summed E-state index contributed by atoms with van der Waals surface area (Å²) < 4.78 is 11.5. The Labute approximate surface area is 125 Å². The predicted octanol–water partition coefficient (Wildman–Crippen LogP) is 1.52. The lowest BCUT2D eigenvalue weighted by atomic mass is 10.1. The number of ether oxygens (including phenoxy) is 2. The van der Waals surface area contributed by atoms with Gasteiger partial charge in [-0.15, -0.1) is 0 Å². The molecule has 1 aromatic carbocycles. The van der Waals surface area contributed by atoms with Crippen molar-refractivity contribution in [1.29, 1.82) is 0 Å². The molecule has 2 rings (SSSR count). The summed E-state index contributed by atoms with van der Waals surface area (Å²) in [6.07, 6.45) is 2.32. The summed E-state index contributed by atoms with van der Waals surface area (Å²) in [7, 11) is 0. The number of carbonyl (C=O) groups is 1. The van der Waals surface area contributed by atoms with E-state index in [9.17, 15) is 4.79 Å². The van der Waals surface area contributed by atoms with Gasteiger partial charge in [0.25, 0.3) is 0 Å². The van der Waals surface area contributed by atoms with Gasteiger partial charge in [-0.2, -0.15) is 0 Å². The fraction of sp³-hybridized carbons (Fsp3) is 0.562. The highest BCUT2D eigenvalue weighted by atomic mass is 16.5. The molecule has 0 aromatic heterocycles. The monoisotopic (exact) mass is 292 g/mol. The summed E-state index contributed by atoms with van der Waals surface area (Å²) >= 11 is 0. The minimum atomic E-state index is -0.508. The van der Waals surface area contributed by atoms with Crippen molar-refractivity contribution in [1.82, 2.24) is 5.32 Å². The number of hydrogen-bond donors (Lipinski definition) is 2. The molecule has 0 radical (unpaired) electrons. The van der Waals surface area contributed by atoms with Crippen molar-refractivity contribution >= 4 is 5.91 Å². The van der Waals surface area contributed by atoms with Crippen LogP contribution in [0.3, 0.4) is 0 Å². The fourth-order valence-corrected chi connectivity index (χ4v) is 2.24. The van der Waals surface area contributed by atoms with E-state index in [2.05, 4.69) is 5.32 Å². The van der Waals surface area contributed by atoms with Gasteiger partial charge in [-0.1, -0.05) is 12.1 Å². The third kappa shape index (κ3) is 4.72. The molecule has 5 heteroatoms. The summed E-state index contributed by atoms with van der Waals surface area (Å²) in [5.74, 6) is 0.635. The van der Waals surface area contributed by atoms with Crippen molar-refractivity contribution in [2.75, 3.05) is 13.2 Å². The van der Waals surface area contributed by atoms with Gasteiger partial charge >= 0.3 is 0 Å². The van der Waals surface area contributed by atoms with Gasteiger partial charge in [0.2, 0.25) is 5.91 Å². The molecule has 1 fully saturated rings. The first-order chi connectivity index (χ1) is 10.1. The Morgan fingerprint density at radius 3 is 3.05 bits per heavy atom. The molecule has 0 aliphatic carbocycles. The lowest BCUT2D eigenvalue weighted by molar-refractivity contribution is -0.122. The van der Waals surface area contributed by atoms with Crippen LogP contribution < -0.4 is 15.8 Å². The molecular formula is C16H24N2O3. The van der Waals surface area contributed by atoms with Crippen LogP contribution in [0.15, 0.2) is 18.2 Å². The molecule has 1 aromatic rings. The molecule has 5 nitrogen and oxygen atoms in total. The van der Waals surface area contributed by atoms with Crippen LogP contribution in [-0.2, 0) is 16.1 Å². The van der Waals surface area contributed by atoms with Crippen LogP contribution in [0.4, 0.5) is 0 Å². The molecule has 1 aliphatic rings. The Kier molecular flexibility index (Phi) is 5.59. The van der Waals surface area contributed by atoms with E-state index in [0.717, 1.165) is 36.3 Å². The van der Waals surface area contributed by atoms with Crippen LogP contribution in [0.5, 0.6) is 5.75 Å². The molecule has 0 saturated carbocycles. The van der Waals surface area contributed by atoms with E-state index in [1.165, 1.54) is 0 Å². The third-order valence-corrected chi connectivity index (χ3v) is 3.54. The van der Waals surface area contributed by atoms with Gasteiger partial charge in [0, 0.05) is 18.7 Å². The van der Waals surface area contributed by atoms with Crippen LogP contribution in [0.2, 0.25) is 0 Å². The van der Waals surface area contributed by atoms with E-state index < -0.39 is 6.04 Å². The molecule has 2 atom stereocenters. The molecule has 0 spiro atoms. The minimum Gasteiger partial charge on any atom is -0.491 e. The summed E-state index contributed by atoms with van der Waals surface area (Å²) in [6.45, 7) is 5.47. The predicted molar refractivity (Wildman–Crippen MR) is 81.1 cm³/mol. The smallest absolute Gasteiger partial charge is 0.236 e. The Morgan fingerprint density at radius 1 is 1.57 bits per heavy atom. The topological polar surface area (TPSA) is 73.6 Å². The molecule has 116 valence electrons. The van der Waals surface area contributed by atoms with Crippen molar-refractivity contribution in [3.63, 3.8) is 0 Å². The average Bonchev–Trinajstić information content (AvgIpc) is 2.96.